The fraction of sp³-hybridized carbons (Fsp3) is 1.00. The number of nitrogens with zero attached hydrogens (tertiary/aromatic N) is 1. The van der Waals surface area contributed by atoms with E-state index in [9.17, 15) is 0 Å². The summed E-state index contributed by atoms with van der Waals surface area (Å²) in [6, 6.07) is 1.61. The van der Waals surface area contributed by atoms with Gasteiger partial charge in [0.2, 0.25) is 0 Å². The van der Waals surface area contributed by atoms with Crippen molar-refractivity contribution in [2.24, 2.45) is 5.41 Å². The molecule has 15 heavy (non-hydrogen) atoms. The number of hydrogen-bond donors (Lipinski definition) is 1. The molecule has 0 aromatic rings. The van der Waals surface area contributed by atoms with E-state index in [-0.39, 0.29) is 0 Å². The normalized spacial score (nSPS) is 37.0. The topological polar surface area (TPSA) is 15.3 Å². The Kier molecular flexibility index (Phi) is 3.36. The van der Waals surface area contributed by atoms with Crippen LogP contribution in [-0.2, 0) is 0 Å². The molecule has 1 aliphatic carbocycles. The van der Waals surface area contributed by atoms with Gasteiger partial charge in [0.1, 0.15) is 0 Å². The van der Waals surface area contributed by atoms with E-state index >= 15 is 0 Å². The van der Waals surface area contributed by atoms with Crippen molar-refractivity contribution >= 4 is 0 Å². The van der Waals surface area contributed by atoms with Crippen LogP contribution >= 0.6 is 0 Å². The first-order valence-corrected chi connectivity index (χ1v) is 6.52. The second kappa shape index (κ2) is 4.42. The van der Waals surface area contributed by atoms with Crippen molar-refractivity contribution in [1.82, 2.24) is 10.2 Å². The first-order chi connectivity index (χ1) is 7.11. The monoisotopic (exact) mass is 210 g/mol. The zero-order valence-electron chi connectivity index (χ0n) is 10.6. The molecule has 1 heterocycles. The Morgan fingerprint density at radius 1 is 1.27 bits per heavy atom. The molecule has 1 aliphatic heterocycles. The Balaban J connectivity index is 1.88. The van der Waals surface area contributed by atoms with Crippen LogP contribution in [0.4, 0.5) is 0 Å². The van der Waals surface area contributed by atoms with E-state index in [0.717, 1.165) is 12.1 Å². The van der Waals surface area contributed by atoms with Crippen molar-refractivity contribution in [2.45, 2.75) is 58.0 Å². The van der Waals surface area contributed by atoms with Gasteiger partial charge in [-0.15, -0.1) is 0 Å². The molecule has 0 amide bonds. The molecule has 2 rings (SSSR count). The minimum atomic E-state index is 0.584. The van der Waals surface area contributed by atoms with Crippen molar-refractivity contribution in [1.29, 1.82) is 0 Å². The van der Waals surface area contributed by atoms with Crippen molar-refractivity contribution in [3.8, 4) is 0 Å². The summed E-state index contributed by atoms with van der Waals surface area (Å²) in [7, 11) is 2.10. The average molecular weight is 210 g/mol. The van der Waals surface area contributed by atoms with E-state index in [1.807, 2.05) is 0 Å². The molecule has 1 saturated carbocycles. The predicted octanol–water partition coefficient (Wildman–Crippen LogP) is 2.25. The van der Waals surface area contributed by atoms with Gasteiger partial charge in [0, 0.05) is 25.2 Å². The molecular formula is C13H26N2. The third-order valence-electron chi connectivity index (χ3n) is 4.32. The molecule has 2 nitrogen and oxygen atoms in total. The predicted molar refractivity (Wildman–Crippen MR) is 65.1 cm³/mol. The minimum absolute atomic E-state index is 0.584. The molecule has 2 heteroatoms. The highest BCUT2D eigenvalue weighted by Crippen LogP contribution is 2.38. The fourth-order valence-corrected chi connectivity index (χ4v) is 3.32. The molecule has 0 aromatic heterocycles. The molecule has 0 spiro atoms. The summed E-state index contributed by atoms with van der Waals surface area (Å²) >= 11 is 0. The van der Waals surface area contributed by atoms with Gasteiger partial charge >= 0.3 is 0 Å². The molecular weight excluding hydrogens is 184 g/mol. The molecule has 0 bridgehead atoms. The lowest BCUT2D eigenvalue weighted by molar-refractivity contribution is 0.112. The molecule has 1 saturated heterocycles. The van der Waals surface area contributed by atoms with Crippen LogP contribution in [0.25, 0.3) is 0 Å². The third kappa shape index (κ3) is 2.73. The van der Waals surface area contributed by atoms with Gasteiger partial charge in [0.05, 0.1) is 0 Å². The van der Waals surface area contributed by atoms with Crippen molar-refractivity contribution < 1.29 is 0 Å². The molecule has 2 fully saturated rings. The highest BCUT2D eigenvalue weighted by atomic mass is 15.2. The van der Waals surface area contributed by atoms with Gasteiger partial charge in [-0.3, -0.25) is 4.90 Å². The van der Waals surface area contributed by atoms with Crippen molar-refractivity contribution in [3.05, 3.63) is 0 Å². The summed E-state index contributed by atoms with van der Waals surface area (Å²) in [5.41, 5.74) is 0.584. The van der Waals surface area contributed by atoms with E-state index in [2.05, 4.69) is 31.1 Å². The molecule has 88 valence electrons. The summed E-state index contributed by atoms with van der Waals surface area (Å²) in [6.07, 6.45) is 7.03. The first kappa shape index (κ1) is 11.4. The number of likely N-dealkylation sites (tertiary alicyclic amines) is 1. The van der Waals surface area contributed by atoms with Gasteiger partial charge in [-0.25, -0.2) is 0 Å². The molecule has 0 aromatic carbocycles. The van der Waals surface area contributed by atoms with Crippen LogP contribution in [0.5, 0.6) is 0 Å². The zero-order valence-corrected chi connectivity index (χ0v) is 10.6. The Labute approximate surface area is 94.4 Å². The maximum atomic E-state index is 3.41. The van der Waals surface area contributed by atoms with E-state index < -0.39 is 0 Å². The Morgan fingerprint density at radius 3 is 2.67 bits per heavy atom. The van der Waals surface area contributed by atoms with Gasteiger partial charge in [0.25, 0.3) is 0 Å². The van der Waals surface area contributed by atoms with E-state index in [4.69, 9.17) is 0 Å². The average Bonchev–Trinajstić information content (AvgIpc) is 2.64. The SMILES string of the molecule is CNC1CCN(C2CCCC(C)(C)C2)C1. The largest absolute Gasteiger partial charge is 0.316 e. The molecule has 2 unspecified atom stereocenters. The van der Waals surface area contributed by atoms with Crippen LogP contribution in [0, 0.1) is 5.41 Å². The van der Waals surface area contributed by atoms with Crippen LogP contribution in [0.1, 0.15) is 46.0 Å². The fourth-order valence-electron chi connectivity index (χ4n) is 3.32. The van der Waals surface area contributed by atoms with Crippen LogP contribution in [0.3, 0.4) is 0 Å². The van der Waals surface area contributed by atoms with Crippen molar-refractivity contribution in [3.63, 3.8) is 0 Å². The zero-order chi connectivity index (χ0) is 10.9. The summed E-state index contributed by atoms with van der Waals surface area (Å²) in [5, 5.41) is 3.41. The van der Waals surface area contributed by atoms with E-state index in [1.54, 1.807) is 0 Å². The Morgan fingerprint density at radius 2 is 2.07 bits per heavy atom. The van der Waals surface area contributed by atoms with E-state index in [0.29, 0.717) is 5.41 Å². The number of nitrogens with one attached hydrogen (secondary N) is 1. The molecule has 2 aliphatic rings. The van der Waals surface area contributed by atoms with Crippen LogP contribution in [-0.4, -0.2) is 37.1 Å². The summed E-state index contributed by atoms with van der Waals surface area (Å²) in [5.74, 6) is 0. The smallest absolute Gasteiger partial charge is 0.0204 e. The Bertz CT molecular complexity index is 213. The highest BCUT2D eigenvalue weighted by molar-refractivity contribution is 4.90. The lowest BCUT2D eigenvalue weighted by Gasteiger charge is -2.39. The van der Waals surface area contributed by atoms with Crippen LogP contribution in [0.2, 0.25) is 0 Å². The first-order valence-electron chi connectivity index (χ1n) is 6.52. The molecule has 0 radical (unpaired) electrons. The van der Waals surface area contributed by atoms with Gasteiger partial charge in [0.15, 0.2) is 0 Å². The molecule has 2 atom stereocenters. The lowest BCUT2D eigenvalue weighted by atomic mass is 9.75. The maximum absolute atomic E-state index is 3.41. The van der Waals surface area contributed by atoms with Gasteiger partial charge in [-0.05, 0) is 38.1 Å². The second-order valence-electron chi connectivity index (χ2n) is 6.18. The number of likely N-dealkylation sites (N-methyl/N-ethyl adjacent to an activating group) is 1. The van der Waals surface area contributed by atoms with Crippen molar-refractivity contribution in [2.75, 3.05) is 20.1 Å². The van der Waals surface area contributed by atoms with Crippen LogP contribution < -0.4 is 5.32 Å². The summed E-state index contributed by atoms with van der Waals surface area (Å²) in [4.78, 5) is 2.72. The second-order valence-corrected chi connectivity index (χ2v) is 6.18. The molecule has 1 N–H and O–H groups in total. The quantitative estimate of drug-likeness (QED) is 0.752. The highest BCUT2D eigenvalue weighted by Gasteiger charge is 2.34. The van der Waals surface area contributed by atoms with Crippen LogP contribution in [0.15, 0.2) is 0 Å². The van der Waals surface area contributed by atoms with Gasteiger partial charge < -0.3 is 5.32 Å². The standard InChI is InChI=1S/C13H26N2/c1-13(2)7-4-5-12(9-13)15-8-6-11(10-15)14-3/h11-12,14H,4-10H2,1-3H3. The summed E-state index contributed by atoms with van der Waals surface area (Å²) < 4.78 is 0. The number of hydrogen-bond acceptors (Lipinski definition) is 2. The Hall–Kier alpha value is -0.0800. The lowest BCUT2D eigenvalue weighted by Crippen LogP contribution is -2.41. The van der Waals surface area contributed by atoms with Gasteiger partial charge in [-0.2, -0.15) is 0 Å². The minimum Gasteiger partial charge on any atom is -0.316 e. The maximum Gasteiger partial charge on any atom is 0.0204 e. The van der Waals surface area contributed by atoms with Gasteiger partial charge in [-0.1, -0.05) is 20.3 Å². The third-order valence-corrected chi connectivity index (χ3v) is 4.32. The van der Waals surface area contributed by atoms with E-state index in [1.165, 1.54) is 45.2 Å². The number of rotatable bonds is 2. The summed E-state index contributed by atoms with van der Waals surface area (Å²) in [6.45, 7) is 7.46.